The van der Waals surface area contributed by atoms with E-state index in [0.29, 0.717) is 13.0 Å². The quantitative estimate of drug-likeness (QED) is 0.811. The van der Waals surface area contributed by atoms with Gasteiger partial charge in [0.1, 0.15) is 5.54 Å². The van der Waals surface area contributed by atoms with E-state index in [1.807, 2.05) is 30.5 Å². The van der Waals surface area contributed by atoms with Gasteiger partial charge in [-0.15, -0.1) is 0 Å². The maximum absolute atomic E-state index is 11.8. The molecule has 4 nitrogen and oxygen atoms in total. The normalized spacial score (nSPS) is 14.4. The van der Waals surface area contributed by atoms with Gasteiger partial charge in [0.05, 0.1) is 6.61 Å². The molecule has 1 atom stereocenters. The predicted octanol–water partition coefficient (Wildman–Crippen LogP) is 1.99. The van der Waals surface area contributed by atoms with Crippen molar-refractivity contribution < 1.29 is 9.53 Å². The van der Waals surface area contributed by atoms with Crippen molar-refractivity contribution in [3.05, 3.63) is 36.0 Å². The molecule has 1 aromatic heterocycles. The van der Waals surface area contributed by atoms with E-state index >= 15 is 0 Å². The van der Waals surface area contributed by atoms with Gasteiger partial charge < -0.3 is 15.5 Å². The molecular weight excluding hydrogens is 228 g/mol. The molecule has 2 aromatic rings. The Morgan fingerprint density at radius 2 is 2.17 bits per heavy atom. The van der Waals surface area contributed by atoms with Gasteiger partial charge in [0.2, 0.25) is 0 Å². The number of carbonyl (C=O) groups excluding carboxylic acids is 1. The number of rotatable bonds is 4. The molecule has 0 aliphatic heterocycles. The largest absolute Gasteiger partial charge is 0.465 e. The Morgan fingerprint density at radius 1 is 1.44 bits per heavy atom. The van der Waals surface area contributed by atoms with Crippen molar-refractivity contribution in [3.8, 4) is 0 Å². The average Bonchev–Trinajstić information content (AvgIpc) is 2.73. The molecule has 0 spiro atoms. The van der Waals surface area contributed by atoms with Crippen molar-refractivity contribution in [1.29, 1.82) is 0 Å². The van der Waals surface area contributed by atoms with Gasteiger partial charge in [-0.25, -0.2) is 0 Å². The third-order valence-corrected chi connectivity index (χ3v) is 2.97. The highest BCUT2D eigenvalue weighted by atomic mass is 16.5. The summed E-state index contributed by atoms with van der Waals surface area (Å²) in [6.45, 7) is 3.83. The number of hydrogen-bond donors (Lipinski definition) is 2. The number of esters is 1. The van der Waals surface area contributed by atoms with Crippen LogP contribution in [-0.4, -0.2) is 23.1 Å². The first-order chi connectivity index (χ1) is 8.54. The molecule has 0 aliphatic carbocycles. The molecule has 4 heteroatoms. The second-order valence-corrected chi connectivity index (χ2v) is 4.67. The van der Waals surface area contributed by atoms with Crippen molar-refractivity contribution >= 4 is 16.9 Å². The van der Waals surface area contributed by atoms with E-state index in [9.17, 15) is 4.79 Å². The predicted molar refractivity (Wildman–Crippen MR) is 71.2 cm³/mol. The first-order valence-corrected chi connectivity index (χ1v) is 6.05. The molecule has 18 heavy (non-hydrogen) atoms. The molecule has 0 radical (unpaired) electrons. The summed E-state index contributed by atoms with van der Waals surface area (Å²) in [6.07, 6.45) is 2.35. The number of para-hydroxylation sites is 1. The Hall–Kier alpha value is -1.81. The number of carbonyl (C=O) groups is 1. The lowest BCUT2D eigenvalue weighted by molar-refractivity contribution is -0.148. The Kier molecular flexibility index (Phi) is 3.39. The molecule has 0 fully saturated rings. The summed E-state index contributed by atoms with van der Waals surface area (Å²) in [5.41, 5.74) is 7.12. The third-order valence-electron chi connectivity index (χ3n) is 2.97. The fourth-order valence-corrected chi connectivity index (χ4v) is 2.04. The molecule has 96 valence electrons. The molecule has 1 heterocycles. The van der Waals surface area contributed by atoms with Gasteiger partial charge in [-0.1, -0.05) is 18.2 Å². The fourth-order valence-electron chi connectivity index (χ4n) is 2.04. The minimum Gasteiger partial charge on any atom is -0.465 e. The number of H-pyrrole nitrogens is 1. The zero-order valence-electron chi connectivity index (χ0n) is 10.7. The molecule has 0 saturated carbocycles. The molecule has 2 rings (SSSR count). The van der Waals surface area contributed by atoms with Crippen molar-refractivity contribution in [2.24, 2.45) is 5.73 Å². The Morgan fingerprint density at radius 3 is 2.89 bits per heavy atom. The Labute approximate surface area is 106 Å². The third kappa shape index (κ3) is 2.38. The van der Waals surface area contributed by atoms with Crippen LogP contribution in [-0.2, 0) is 16.0 Å². The smallest absolute Gasteiger partial charge is 0.326 e. The van der Waals surface area contributed by atoms with E-state index < -0.39 is 5.54 Å². The Bertz CT molecular complexity index is 558. The summed E-state index contributed by atoms with van der Waals surface area (Å²) < 4.78 is 4.99. The first-order valence-electron chi connectivity index (χ1n) is 6.05. The lowest BCUT2D eigenvalue weighted by Crippen LogP contribution is -2.48. The van der Waals surface area contributed by atoms with Gasteiger partial charge in [0.25, 0.3) is 0 Å². The van der Waals surface area contributed by atoms with Crippen LogP contribution >= 0.6 is 0 Å². The zero-order valence-corrected chi connectivity index (χ0v) is 10.7. The number of nitrogens with two attached hydrogens (primary N) is 1. The van der Waals surface area contributed by atoms with Gasteiger partial charge in [-0.05, 0) is 25.5 Å². The van der Waals surface area contributed by atoms with Gasteiger partial charge >= 0.3 is 5.97 Å². The minimum absolute atomic E-state index is 0.347. The summed E-state index contributed by atoms with van der Waals surface area (Å²) in [7, 11) is 0. The second kappa shape index (κ2) is 4.82. The van der Waals surface area contributed by atoms with Crippen molar-refractivity contribution in [2.75, 3.05) is 6.61 Å². The molecule has 0 aliphatic rings. The van der Waals surface area contributed by atoms with Crippen LogP contribution in [0.15, 0.2) is 30.5 Å². The minimum atomic E-state index is -0.999. The zero-order chi connectivity index (χ0) is 13.2. The van der Waals surface area contributed by atoms with E-state index in [2.05, 4.69) is 4.98 Å². The van der Waals surface area contributed by atoms with Crippen LogP contribution in [0.3, 0.4) is 0 Å². The average molecular weight is 246 g/mol. The van der Waals surface area contributed by atoms with Crippen LogP contribution in [0.2, 0.25) is 0 Å². The number of hydrogen-bond acceptors (Lipinski definition) is 3. The molecule has 0 bridgehead atoms. The van der Waals surface area contributed by atoms with Gasteiger partial charge in [0.15, 0.2) is 0 Å². The Balaban J connectivity index is 2.25. The summed E-state index contributed by atoms with van der Waals surface area (Å²) in [4.78, 5) is 14.9. The van der Waals surface area contributed by atoms with E-state index in [0.717, 1.165) is 16.5 Å². The molecular formula is C14H18N2O2. The molecule has 1 unspecified atom stereocenters. The highest BCUT2D eigenvalue weighted by Crippen LogP contribution is 2.22. The van der Waals surface area contributed by atoms with Gasteiger partial charge in [-0.3, -0.25) is 4.79 Å². The van der Waals surface area contributed by atoms with Gasteiger partial charge in [-0.2, -0.15) is 0 Å². The maximum Gasteiger partial charge on any atom is 0.326 e. The monoisotopic (exact) mass is 246 g/mol. The lowest BCUT2D eigenvalue weighted by atomic mass is 9.94. The topological polar surface area (TPSA) is 68.1 Å². The summed E-state index contributed by atoms with van der Waals surface area (Å²) in [5.74, 6) is -0.365. The highest BCUT2D eigenvalue weighted by molar-refractivity contribution is 5.85. The van der Waals surface area contributed by atoms with Crippen LogP contribution in [0.5, 0.6) is 0 Å². The van der Waals surface area contributed by atoms with Crippen LogP contribution < -0.4 is 5.73 Å². The van der Waals surface area contributed by atoms with Crippen LogP contribution in [0, 0.1) is 0 Å². The summed E-state index contributed by atoms with van der Waals surface area (Å²) in [5, 5.41) is 1.10. The van der Waals surface area contributed by atoms with Gasteiger partial charge in [0, 0.05) is 23.5 Å². The second-order valence-electron chi connectivity index (χ2n) is 4.67. The number of nitrogens with one attached hydrogen (secondary N) is 1. The van der Waals surface area contributed by atoms with Crippen molar-refractivity contribution in [3.63, 3.8) is 0 Å². The number of benzene rings is 1. The number of aromatic nitrogens is 1. The maximum atomic E-state index is 11.8. The van der Waals surface area contributed by atoms with Crippen LogP contribution in [0.4, 0.5) is 0 Å². The van der Waals surface area contributed by atoms with E-state index in [1.54, 1.807) is 13.8 Å². The van der Waals surface area contributed by atoms with E-state index in [1.165, 1.54) is 0 Å². The lowest BCUT2D eigenvalue weighted by Gasteiger charge is -2.21. The number of fused-ring (bicyclic) bond motifs is 1. The van der Waals surface area contributed by atoms with Crippen molar-refractivity contribution in [1.82, 2.24) is 4.98 Å². The van der Waals surface area contributed by atoms with Crippen LogP contribution in [0.25, 0.3) is 10.9 Å². The SMILES string of the molecule is CCOC(=O)C(C)(N)Cc1c[nH]c2ccccc12. The first kappa shape index (κ1) is 12.6. The number of aromatic amines is 1. The molecule has 3 N–H and O–H groups in total. The summed E-state index contributed by atoms with van der Waals surface area (Å²) >= 11 is 0. The molecule has 0 saturated heterocycles. The van der Waals surface area contributed by atoms with E-state index in [4.69, 9.17) is 10.5 Å². The number of ether oxygens (including phenoxy) is 1. The molecule has 1 aromatic carbocycles. The van der Waals surface area contributed by atoms with Crippen LogP contribution in [0.1, 0.15) is 19.4 Å². The molecule has 0 amide bonds. The summed E-state index contributed by atoms with van der Waals surface area (Å²) in [6, 6.07) is 7.95. The standard InChI is InChI=1S/C14H18N2O2/c1-3-18-13(17)14(2,15)8-10-9-16-12-7-5-4-6-11(10)12/h4-7,9,16H,3,8,15H2,1-2H3. The van der Waals surface area contributed by atoms with E-state index in [-0.39, 0.29) is 5.97 Å². The van der Waals surface area contributed by atoms with Crippen molar-refractivity contribution in [2.45, 2.75) is 25.8 Å². The fraction of sp³-hybridized carbons (Fsp3) is 0.357. The highest BCUT2D eigenvalue weighted by Gasteiger charge is 2.30.